The fraction of sp³-hybridized carbons (Fsp3) is 0.120. The quantitative estimate of drug-likeness (QED) is 0.587. The van der Waals surface area contributed by atoms with Gasteiger partial charge >= 0.3 is 0 Å². The third-order valence-electron chi connectivity index (χ3n) is 5.21. The number of carbonyl (C=O) groups is 2. The number of anilines is 1. The third-order valence-corrected chi connectivity index (χ3v) is 5.21. The van der Waals surface area contributed by atoms with Gasteiger partial charge in [0.25, 0.3) is 11.8 Å². The zero-order valence-corrected chi connectivity index (χ0v) is 16.9. The lowest BCUT2D eigenvalue weighted by Gasteiger charge is -2.22. The molecule has 1 heterocycles. The van der Waals surface area contributed by atoms with Crippen LogP contribution in [0.2, 0.25) is 0 Å². The summed E-state index contributed by atoms with van der Waals surface area (Å²) in [5.74, 6) is 0.00947. The Hall–Kier alpha value is -3.86. The van der Waals surface area contributed by atoms with Gasteiger partial charge in [0.15, 0.2) is 0 Å². The summed E-state index contributed by atoms with van der Waals surface area (Å²) in [5, 5.41) is 0. The second-order valence-electron chi connectivity index (χ2n) is 6.99. The fourth-order valence-electron chi connectivity index (χ4n) is 3.67. The Kier molecular flexibility index (Phi) is 5.35. The number of methoxy groups -OCH3 is 1. The number of hydrogen-bond acceptors (Lipinski definition) is 4. The lowest BCUT2D eigenvalue weighted by molar-refractivity contribution is -0.137. The highest BCUT2D eigenvalue weighted by Crippen LogP contribution is 2.35. The van der Waals surface area contributed by atoms with Crippen molar-refractivity contribution in [2.24, 2.45) is 0 Å². The van der Waals surface area contributed by atoms with E-state index in [0.717, 1.165) is 16.8 Å². The molecule has 1 aliphatic heterocycles. The van der Waals surface area contributed by atoms with Crippen molar-refractivity contribution >= 4 is 23.1 Å². The second-order valence-corrected chi connectivity index (χ2v) is 6.99. The average molecular weight is 398 g/mol. The van der Waals surface area contributed by atoms with Crippen molar-refractivity contribution in [2.75, 3.05) is 19.1 Å². The molecular weight excluding hydrogens is 376 g/mol. The summed E-state index contributed by atoms with van der Waals surface area (Å²) in [7, 11) is 3.39. The number of hydrogen-bond donors (Lipinski definition) is 0. The van der Waals surface area contributed by atoms with E-state index in [1.807, 2.05) is 92.0 Å². The molecular formula is C25H22N2O3. The monoisotopic (exact) mass is 398 g/mol. The van der Waals surface area contributed by atoms with Crippen LogP contribution in [-0.4, -0.2) is 30.9 Å². The van der Waals surface area contributed by atoms with E-state index < -0.39 is 0 Å². The van der Waals surface area contributed by atoms with Crippen LogP contribution < -0.4 is 9.64 Å². The highest BCUT2D eigenvalue weighted by Gasteiger charge is 2.41. The van der Waals surface area contributed by atoms with Gasteiger partial charge in [-0.25, -0.2) is 0 Å². The van der Waals surface area contributed by atoms with Crippen LogP contribution in [0.4, 0.5) is 5.69 Å². The van der Waals surface area contributed by atoms with Gasteiger partial charge in [-0.2, -0.15) is 0 Å². The molecule has 0 bridgehead atoms. The first-order valence-electron chi connectivity index (χ1n) is 9.68. The summed E-state index contributed by atoms with van der Waals surface area (Å²) in [5.41, 5.74) is 3.10. The number of amides is 2. The van der Waals surface area contributed by atoms with Crippen LogP contribution in [0.15, 0.2) is 90.6 Å². The standard InChI is InChI=1S/C25H22N2O3/c1-26(20-14-7-4-8-15-20)23-22(18-11-5-3-6-12-18)24(28)27(25(23)29)17-19-13-9-10-16-21(19)30-2/h3-16H,17H2,1-2H3. The Balaban J connectivity index is 1.78. The van der Waals surface area contributed by atoms with Crippen LogP contribution in [0.5, 0.6) is 5.75 Å². The van der Waals surface area contributed by atoms with Gasteiger partial charge in [-0.3, -0.25) is 14.5 Å². The van der Waals surface area contributed by atoms with Gasteiger partial charge in [-0.05, 0) is 23.8 Å². The zero-order chi connectivity index (χ0) is 21.1. The van der Waals surface area contributed by atoms with E-state index in [1.54, 1.807) is 12.0 Å². The maximum absolute atomic E-state index is 13.5. The van der Waals surface area contributed by atoms with Gasteiger partial charge in [-0.15, -0.1) is 0 Å². The van der Waals surface area contributed by atoms with Crippen LogP contribution in [0.1, 0.15) is 11.1 Å². The molecule has 0 atom stereocenters. The maximum Gasteiger partial charge on any atom is 0.278 e. The number of benzene rings is 3. The molecule has 0 aliphatic carbocycles. The summed E-state index contributed by atoms with van der Waals surface area (Å²) in [4.78, 5) is 30.0. The predicted octanol–water partition coefficient (Wildman–Crippen LogP) is 4.11. The van der Waals surface area contributed by atoms with E-state index in [0.29, 0.717) is 17.0 Å². The number of ether oxygens (including phenoxy) is 1. The molecule has 30 heavy (non-hydrogen) atoms. The molecule has 5 nitrogen and oxygen atoms in total. The molecule has 5 heteroatoms. The van der Waals surface area contributed by atoms with Crippen molar-refractivity contribution in [3.63, 3.8) is 0 Å². The SMILES string of the molecule is COc1ccccc1CN1C(=O)C(c2ccccc2)=C(N(C)c2ccccc2)C1=O. The smallest absolute Gasteiger partial charge is 0.278 e. The largest absolute Gasteiger partial charge is 0.496 e. The minimum Gasteiger partial charge on any atom is -0.496 e. The van der Waals surface area contributed by atoms with Crippen LogP contribution in [0, 0.1) is 0 Å². The van der Waals surface area contributed by atoms with E-state index in [-0.39, 0.29) is 18.4 Å². The molecule has 1 aliphatic rings. The lowest BCUT2D eigenvalue weighted by Crippen LogP contribution is -2.33. The first kappa shape index (κ1) is 19.5. The Morgan fingerprint density at radius 2 is 1.40 bits per heavy atom. The van der Waals surface area contributed by atoms with Gasteiger partial charge in [0, 0.05) is 18.3 Å². The number of likely N-dealkylation sites (N-methyl/N-ethyl adjacent to an activating group) is 1. The zero-order valence-electron chi connectivity index (χ0n) is 16.9. The van der Waals surface area contributed by atoms with E-state index in [2.05, 4.69) is 0 Å². The van der Waals surface area contributed by atoms with Crippen LogP contribution in [0.3, 0.4) is 0 Å². The molecule has 0 radical (unpaired) electrons. The van der Waals surface area contributed by atoms with E-state index in [9.17, 15) is 9.59 Å². The van der Waals surface area contributed by atoms with E-state index >= 15 is 0 Å². The molecule has 3 aromatic rings. The topological polar surface area (TPSA) is 49.9 Å². The van der Waals surface area contributed by atoms with Crippen molar-refractivity contribution in [2.45, 2.75) is 6.54 Å². The normalized spacial score (nSPS) is 13.7. The Labute approximate surface area is 175 Å². The number of rotatable bonds is 6. The number of imide groups is 1. The summed E-state index contributed by atoms with van der Waals surface area (Å²) < 4.78 is 5.41. The van der Waals surface area contributed by atoms with Gasteiger partial charge in [0.2, 0.25) is 0 Å². The summed E-state index contributed by atoms with van der Waals surface area (Å²) in [6.07, 6.45) is 0. The number of para-hydroxylation sites is 2. The van der Waals surface area contributed by atoms with Crippen molar-refractivity contribution in [3.8, 4) is 5.75 Å². The molecule has 0 aromatic heterocycles. The summed E-state index contributed by atoms with van der Waals surface area (Å²) in [6.45, 7) is 0.143. The number of carbonyl (C=O) groups excluding carboxylic acids is 2. The Morgan fingerprint density at radius 3 is 2.07 bits per heavy atom. The fourth-order valence-corrected chi connectivity index (χ4v) is 3.67. The average Bonchev–Trinajstić information content (AvgIpc) is 3.05. The van der Waals surface area contributed by atoms with Crippen LogP contribution in [0.25, 0.3) is 5.57 Å². The molecule has 2 amide bonds. The Bertz CT molecular complexity index is 1110. The highest BCUT2D eigenvalue weighted by molar-refractivity contribution is 6.36. The molecule has 4 rings (SSSR count). The lowest BCUT2D eigenvalue weighted by atomic mass is 10.0. The molecule has 0 saturated heterocycles. The molecule has 150 valence electrons. The van der Waals surface area contributed by atoms with E-state index in [1.165, 1.54) is 4.90 Å². The molecule has 0 unspecified atom stereocenters. The van der Waals surface area contributed by atoms with Crippen LogP contribution in [-0.2, 0) is 16.1 Å². The molecule has 0 fully saturated rings. The van der Waals surface area contributed by atoms with Crippen molar-refractivity contribution in [1.29, 1.82) is 0 Å². The Morgan fingerprint density at radius 1 is 0.800 bits per heavy atom. The molecule has 0 saturated carbocycles. The van der Waals surface area contributed by atoms with Gasteiger partial charge in [-0.1, -0.05) is 66.7 Å². The van der Waals surface area contributed by atoms with Crippen molar-refractivity contribution in [1.82, 2.24) is 4.90 Å². The van der Waals surface area contributed by atoms with Gasteiger partial charge < -0.3 is 9.64 Å². The summed E-state index contributed by atoms with van der Waals surface area (Å²) in [6, 6.07) is 26.3. The third kappa shape index (κ3) is 3.46. The van der Waals surface area contributed by atoms with E-state index in [4.69, 9.17) is 4.74 Å². The van der Waals surface area contributed by atoms with Gasteiger partial charge in [0.05, 0.1) is 19.2 Å². The minimum absolute atomic E-state index is 0.143. The maximum atomic E-state index is 13.5. The molecule has 0 N–H and O–H groups in total. The first-order chi connectivity index (χ1) is 14.6. The predicted molar refractivity (Wildman–Crippen MR) is 117 cm³/mol. The van der Waals surface area contributed by atoms with Crippen molar-refractivity contribution < 1.29 is 14.3 Å². The first-order valence-corrected chi connectivity index (χ1v) is 9.68. The summed E-state index contributed by atoms with van der Waals surface area (Å²) >= 11 is 0. The van der Waals surface area contributed by atoms with Gasteiger partial charge in [0.1, 0.15) is 11.4 Å². The number of nitrogens with zero attached hydrogens (tertiary/aromatic N) is 2. The molecule has 0 spiro atoms. The van der Waals surface area contributed by atoms with Crippen molar-refractivity contribution in [3.05, 3.63) is 102 Å². The minimum atomic E-state index is -0.323. The van der Waals surface area contributed by atoms with Crippen LogP contribution >= 0.6 is 0 Å². The highest BCUT2D eigenvalue weighted by atomic mass is 16.5. The molecule has 3 aromatic carbocycles. The second kappa shape index (κ2) is 8.25.